The zero-order valence-electron chi connectivity index (χ0n) is 9.80. The van der Waals surface area contributed by atoms with Gasteiger partial charge in [0.05, 0.1) is 0 Å². The molecule has 0 atom stereocenters. The van der Waals surface area contributed by atoms with Gasteiger partial charge in [0.1, 0.15) is 0 Å². The molecule has 2 N–H and O–H groups in total. The molecule has 15 heavy (non-hydrogen) atoms. The summed E-state index contributed by atoms with van der Waals surface area (Å²) in [6.07, 6.45) is 5.84. The van der Waals surface area contributed by atoms with Crippen LogP contribution in [-0.4, -0.2) is 50.7 Å². The third kappa shape index (κ3) is 4.09. The maximum Gasteiger partial charge on any atom is 0.0108 e. The van der Waals surface area contributed by atoms with Crippen LogP contribution in [0.5, 0.6) is 0 Å². The van der Waals surface area contributed by atoms with Crippen molar-refractivity contribution < 1.29 is 0 Å². The molecule has 1 heterocycles. The topological polar surface area (TPSA) is 27.3 Å². The Hall–Kier alpha value is -0.120. The van der Waals surface area contributed by atoms with Crippen molar-refractivity contribution in [2.75, 3.05) is 45.8 Å². The van der Waals surface area contributed by atoms with Crippen molar-refractivity contribution in [3.05, 3.63) is 0 Å². The van der Waals surface area contributed by atoms with E-state index >= 15 is 0 Å². The van der Waals surface area contributed by atoms with Gasteiger partial charge >= 0.3 is 0 Å². The van der Waals surface area contributed by atoms with Crippen molar-refractivity contribution in [2.45, 2.75) is 25.7 Å². The summed E-state index contributed by atoms with van der Waals surface area (Å²) in [6.45, 7) is 8.46. The highest BCUT2D eigenvalue weighted by atomic mass is 15.2. The lowest BCUT2D eigenvalue weighted by atomic mass is 10.1. The molecule has 2 aliphatic rings. The Morgan fingerprint density at radius 3 is 2.60 bits per heavy atom. The van der Waals surface area contributed by atoms with Crippen LogP contribution in [-0.2, 0) is 0 Å². The van der Waals surface area contributed by atoms with Crippen LogP contribution in [0.25, 0.3) is 0 Å². The minimum absolute atomic E-state index is 0.980. The van der Waals surface area contributed by atoms with Crippen LogP contribution in [0.1, 0.15) is 25.7 Å². The van der Waals surface area contributed by atoms with Crippen LogP contribution in [0.4, 0.5) is 0 Å². The summed E-state index contributed by atoms with van der Waals surface area (Å²) in [6, 6.07) is 0. The van der Waals surface area contributed by atoms with E-state index in [1.807, 2.05) is 0 Å². The molecule has 1 saturated carbocycles. The van der Waals surface area contributed by atoms with E-state index in [0.29, 0.717) is 0 Å². The molecule has 2 rings (SSSR count). The average molecular weight is 211 g/mol. The largest absolute Gasteiger partial charge is 0.315 e. The molecular formula is C12H25N3. The SMILES string of the molecule is C1CCC(CNCCN2CCNCC2)C1. The fourth-order valence-electron chi connectivity index (χ4n) is 2.69. The number of nitrogens with zero attached hydrogens (tertiary/aromatic N) is 1. The van der Waals surface area contributed by atoms with E-state index in [1.165, 1.54) is 71.5 Å². The monoisotopic (exact) mass is 211 g/mol. The maximum absolute atomic E-state index is 3.61. The summed E-state index contributed by atoms with van der Waals surface area (Å²) in [7, 11) is 0. The number of hydrogen-bond acceptors (Lipinski definition) is 3. The third-order valence-electron chi connectivity index (χ3n) is 3.72. The zero-order valence-corrected chi connectivity index (χ0v) is 9.80. The molecule has 1 aliphatic carbocycles. The van der Waals surface area contributed by atoms with Crippen LogP contribution in [0, 0.1) is 5.92 Å². The first-order chi connectivity index (χ1) is 7.45. The van der Waals surface area contributed by atoms with Gasteiger partial charge in [0.25, 0.3) is 0 Å². The van der Waals surface area contributed by atoms with Gasteiger partial charge in [-0.2, -0.15) is 0 Å². The molecular weight excluding hydrogens is 186 g/mol. The van der Waals surface area contributed by atoms with E-state index in [1.54, 1.807) is 0 Å². The Morgan fingerprint density at radius 1 is 1.13 bits per heavy atom. The number of nitrogens with one attached hydrogen (secondary N) is 2. The summed E-state index contributed by atoms with van der Waals surface area (Å²) in [5, 5.41) is 7.00. The fourth-order valence-corrected chi connectivity index (χ4v) is 2.69. The molecule has 0 spiro atoms. The molecule has 0 radical (unpaired) electrons. The highest BCUT2D eigenvalue weighted by Crippen LogP contribution is 2.23. The van der Waals surface area contributed by atoms with Gasteiger partial charge in [-0.15, -0.1) is 0 Å². The molecule has 0 unspecified atom stereocenters. The highest BCUT2D eigenvalue weighted by molar-refractivity contribution is 4.71. The summed E-state index contributed by atoms with van der Waals surface area (Å²) in [5.74, 6) is 0.980. The molecule has 1 saturated heterocycles. The predicted octanol–water partition coefficient (Wildman–Crippen LogP) is 0.671. The average Bonchev–Trinajstić information content (AvgIpc) is 2.79. The summed E-state index contributed by atoms with van der Waals surface area (Å²) in [5.41, 5.74) is 0. The highest BCUT2D eigenvalue weighted by Gasteiger charge is 2.14. The molecule has 0 bridgehead atoms. The number of hydrogen-bond donors (Lipinski definition) is 2. The normalized spacial score (nSPS) is 24.8. The van der Waals surface area contributed by atoms with Crippen LogP contribution < -0.4 is 10.6 Å². The van der Waals surface area contributed by atoms with Crippen molar-refractivity contribution >= 4 is 0 Å². The molecule has 2 fully saturated rings. The molecule has 3 nitrogen and oxygen atoms in total. The minimum atomic E-state index is 0.980. The Labute approximate surface area is 93.6 Å². The Morgan fingerprint density at radius 2 is 1.87 bits per heavy atom. The predicted molar refractivity (Wildman–Crippen MR) is 64.1 cm³/mol. The molecule has 88 valence electrons. The van der Waals surface area contributed by atoms with E-state index in [9.17, 15) is 0 Å². The summed E-state index contributed by atoms with van der Waals surface area (Å²) >= 11 is 0. The lowest BCUT2D eigenvalue weighted by molar-refractivity contribution is 0.239. The minimum Gasteiger partial charge on any atom is -0.315 e. The first-order valence-corrected chi connectivity index (χ1v) is 6.59. The van der Waals surface area contributed by atoms with Crippen LogP contribution in [0.3, 0.4) is 0 Å². The van der Waals surface area contributed by atoms with Crippen molar-refractivity contribution in [1.82, 2.24) is 15.5 Å². The van der Waals surface area contributed by atoms with Gasteiger partial charge in [0, 0.05) is 39.3 Å². The first kappa shape index (κ1) is 11.4. The van der Waals surface area contributed by atoms with Gasteiger partial charge in [0.15, 0.2) is 0 Å². The molecule has 1 aliphatic heterocycles. The van der Waals surface area contributed by atoms with Gasteiger partial charge in [-0.05, 0) is 25.3 Å². The molecule has 0 aromatic rings. The fraction of sp³-hybridized carbons (Fsp3) is 1.00. The van der Waals surface area contributed by atoms with Crippen molar-refractivity contribution in [3.63, 3.8) is 0 Å². The second kappa shape index (κ2) is 6.46. The standard InChI is InChI=1S/C12H25N3/c1-2-4-12(3-1)11-14-7-10-15-8-5-13-6-9-15/h12-14H,1-11H2. The van der Waals surface area contributed by atoms with Gasteiger partial charge in [-0.1, -0.05) is 12.8 Å². The van der Waals surface area contributed by atoms with E-state index in [0.717, 1.165) is 5.92 Å². The second-order valence-corrected chi connectivity index (χ2v) is 4.95. The third-order valence-corrected chi connectivity index (χ3v) is 3.72. The van der Waals surface area contributed by atoms with Crippen molar-refractivity contribution in [3.8, 4) is 0 Å². The van der Waals surface area contributed by atoms with E-state index in [-0.39, 0.29) is 0 Å². The Bertz CT molecular complexity index is 160. The number of rotatable bonds is 5. The van der Waals surface area contributed by atoms with Crippen LogP contribution in [0.15, 0.2) is 0 Å². The van der Waals surface area contributed by atoms with Gasteiger partial charge in [-0.3, -0.25) is 4.90 Å². The van der Waals surface area contributed by atoms with Crippen LogP contribution in [0.2, 0.25) is 0 Å². The Balaban J connectivity index is 1.47. The van der Waals surface area contributed by atoms with E-state index < -0.39 is 0 Å². The maximum atomic E-state index is 3.61. The van der Waals surface area contributed by atoms with Crippen molar-refractivity contribution in [2.24, 2.45) is 5.92 Å². The molecule has 0 aromatic carbocycles. The van der Waals surface area contributed by atoms with Gasteiger partial charge in [0.2, 0.25) is 0 Å². The van der Waals surface area contributed by atoms with Gasteiger partial charge < -0.3 is 10.6 Å². The zero-order chi connectivity index (χ0) is 10.3. The lowest BCUT2D eigenvalue weighted by Crippen LogP contribution is -2.46. The quantitative estimate of drug-likeness (QED) is 0.655. The first-order valence-electron chi connectivity index (χ1n) is 6.59. The van der Waals surface area contributed by atoms with Gasteiger partial charge in [-0.25, -0.2) is 0 Å². The molecule has 3 heteroatoms. The Kier molecular flexibility index (Phi) is 4.90. The summed E-state index contributed by atoms with van der Waals surface area (Å²) in [4.78, 5) is 2.55. The van der Waals surface area contributed by atoms with E-state index in [2.05, 4.69) is 15.5 Å². The number of piperazine rings is 1. The lowest BCUT2D eigenvalue weighted by Gasteiger charge is -2.27. The smallest absolute Gasteiger partial charge is 0.0108 e. The molecule has 0 aromatic heterocycles. The van der Waals surface area contributed by atoms with Crippen LogP contribution >= 0.6 is 0 Å². The van der Waals surface area contributed by atoms with Crippen molar-refractivity contribution in [1.29, 1.82) is 0 Å². The second-order valence-electron chi connectivity index (χ2n) is 4.95. The van der Waals surface area contributed by atoms with E-state index in [4.69, 9.17) is 0 Å². The summed E-state index contributed by atoms with van der Waals surface area (Å²) < 4.78 is 0. The molecule has 0 amide bonds.